The lowest BCUT2D eigenvalue weighted by Gasteiger charge is -2.04. The molecule has 1 N–H and O–H groups in total. The summed E-state index contributed by atoms with van der Waals surface area (Å²) in [4.78, 5) is 2.80. The lowest BCUT2D eigenvalue weighted by molar-refractivity contribution is 0.738. The molecule has 2 aromatic rings. The van der Waals surface area contributed by atoms with Gasteiger partial charge in [-0.25, -0.2) is 0 Å². The molecule has 0 aliphatic heterocycles. The summed E-state index contributed by atoms with van der Waals surface area (Å²) in [6.45, 7) is 4.22. The summed E-state index contributed by atoms with van der Waals surface area (Å²) in [5, 5.41) is 5.65. The summed E-state index contributed by atoms with van der Waals surface area (Å²) in [6, 6.07) is 12.7. The minimum atomic E-state index is 0.999. The number of benzene rings is 1. The van der Waals surface area contributed by atoms with Crippen LogP contribution in [0.1, 0.15) is 10.4 Å². The summed E-state index contributed by atoms with van der Waals surface area (Å²) in [6.07, 6.45) is 0. The predicted octanol–water partition coefficient (Wildman–Crippen LogP) is 3.94. The Morgan fingerprint density at radius 3 is 2.71 bits per heavy atom. The smallest absolute Gasteiger partial charge is 0.0302 e. The maximum absolute atomic E-state index is 3.49. The van der Waals surface area contributed by atoms with Crippen molar-refractivity contribution in [3.05, 3.63) is 52.2 Å². The van der Waals surface area contributed by atoms with Crippen LogP contribution in [0.25, 0.3) is 0 Å². The average Bonchev–Trinajstić information content (AvgIpc) is 2.76. The molecule has 0 spiro atoms. The van der Waals surface area contributed by atoms with Gasteiger partial charge in [-0.15, -0.1) is 23.1 Å². The van der Waals surface area contributed by atoms with Gasteiger partial charge < -0.3 is 5.32 Å². The van der Waals surface area contributed by atoms with Gasteiger partial charge in [0.1, 0.15) is 0 Å². The fourth-order valence-corrected chi connectivity index (χ4v) is 3.25. The fraction of sp³-hybridized carbons (Fsp3) is 0.286. The van der Waals surface area contributed by atoms with Crippen LogP contribution in [0, 0.1) is 6.92 Å². The summed E-state index contributed by atoms with van der Waals surface area (Å²) >= 11 is 3.74. The van der Waals surface area contributed by atoms with Crippen LogP contribution >= 0.6 is 23.1 Å². The van der Waals surface area contributed by atoms with Gasteiger partial charge in [0.25, 0.3) is 0 Å². The van der Waals surface area contributed by atoms with Crippen molar-refractivity contribution in [1.82, 2.24) is 5.32 Å². The second-order valence-electron chi connectivity index (χ2n) is 3.87. The van der Waals surface area contributed by atoms with Crippen LogP contribution in [0.15, 0.2) is 46.7 Å². The monoisotopic (exact) mass is 263 g/mol. The number of nitrogens with one attached hydrogen (secondary N) is 1. The Kier molecular flexibility index (Phi) is 5.10. The second kappa shape index (κ2) is 6.84. The Balaban J connectivity index is 1.63. The molecule has 1 aromatic carbocycles. The zero-order valence-electron chi connectivity index (χ0n) is 9.98. The Morgan fingerprint density at radius 2 is 2.00 bits per heavy atom. The molecule has 0 aliphatic rings. The van der Waals surface area contributed by atoms with Gasteiger partial charge in [0, 0.05) is 28.6 Å². The van der Waals surface area contributed by atoms with Crippen molar-refractivity contribution in [3.8, 4) is 0 Å². The first-order valence-electron chi connectivity index (χ1n) is 5.78. The SMILES string of the molecule is Cc1ccsc1CNCCSc1ccccc1. The Bertz CT molecular complexity index is 436. The Hall–Kier alpha value is -0.770. The van der Waals surface area contributed by atoms with Crippen molar-refractivity contribution in [3.63, 3.8) is 0 Å². The van der Waals surface area contributed by atoms with E-state index in [0.29, 0.717) is 0 Å². The first-order chi connectivity index (χ1) is 8.36. The van der Waals surface area contributed by atoms with Crippen molar-refractivity contribution in [1.29, 1.82) is 0 Å². The highest BCUT2D eigenvalue weighted by molar-refractivity contribution is 7.99. The number of hydrogen-bond donors (Lipinski definition) is 1. The topological polar surface area (TPSA) is 12.0 Å². The first-order valence-corrected chi connectivity index (χ1v) is 7.64. The predicted molar refractivity (Wildman–Crippen MR) is 77.9 cm³/mol. The standard InChI is InChI=1S/C14H17NS2/c1-12-7-9-17-14(12)11-15-8-10-16-13-5-3-2-4-6-13/h2-7,9,15H,8,10-11H2,1H3. The van der Waals surface area contributed by atoms with Crippen molar-refractivity contribution in [2.45, 2.75) is 18.4 Å². The van der Waals surface area contributed by atoms with E-state index in [1.165, 1.54) is 15.3 Å². The molecule has 0 bridgehead atoms. The molecule has 0 fully saturated rings. The molecule has 0 radical (unpaired) electrons. The maximum Gasteiger partial charge on any atom is 0.0302 e. The third kappa shape index (κ3) is 4.19. The molecule has 0 unspecified atom stereocenters. The fourth-order valence-electron chi connectivity index (χ4n) is 1.54. The number of aryl methyl sites for hydroxylation is 1. The van der Waals surface area contributed by atoms with Gasteiger partial charge in [0.15, 0.2) is 0 Å². The minimum Gasteiger partial charge on any atom is -0.311 e. The summed E-state index contributed by atoms with van der Waals surface area (Å²) < 4.78 is 0. The number of thiophene rings is 1. The molecule has 90 valence electrons. The van der Waals surface area contributed by atoms with Gasteiger partial charge >= 0.3 is 0 Å². The van der Waals surface area contributed by atoms with E-state index in [9.17, 15) is 0 Å². The highest BCUT2D eigenvalue weighted by atomic mass is 32.2. The van der Waals surface area contributed by atoms with E-state index in [4.69, 9.17) is 0 Å². The van der Waals surface area contributed by atoms with E-state index in [2.05, 4.69) is 54.0 Å². The second-order valence-corrected chi connectivity index (χ2v) is 6.03. The third-order valence-corrected chi connectivity index (χ3v) is 4.58. The number of thioether (sulfide) groups is 1. The molecular formula is C14H17NS2. The van der Waals surface area contributed by atoms with Gasteiger partial charge in [-0.1, -0.05) is 18.2 Å². The zero-order valence-corrected chi connectivity index (χ0v) is 11.6. The molecule has 0 atom stereocenters. The van der Waals surface area contributed by atoms with E-state index < -0.39 is 0 Å². The van der Waals surface area contributed by atoms with Crippen LogP contribution in [0.4, 0.5) is 0 Å². The highest BCUT2D eigenvalue weighted by Crippen LogP contribution is 2.17. The molecule has 2 rings (SSSR count). The molecule has 0 saturated heterocycles. The van der Waals surface area contributed by atoms with Crippen molar-refractivity contribution in [2.24, 2.45) is 0 Å². The van der Waals surface area contributed by atoms with Gasteiger partial charge in [-0.3, -0.25) is 0 Å². The lowest BCUT2D eigenvalue weighted by atomic mass is 10.3. The highest BCUT2D eigenvalue weighted by Gasteiger charge is 1.98. The Labute approximate surface area is 111 Å². The van der Waals surface area contributed by atoms with Gasteiger partial charge in [-0.05, 0) is 36.1 Å². The van der Waals surface area contributed by atoms with Crippen LogP contribution in [0.2, 0.25) is 0 Å². The summed E-state index contributed by atoms with van der Waals surface area (Å²) in [5.41, 5.74) is 1.40. The molecule has 0 aliphatic carbocycles. The largest absolute Gasteiger partial charge is 0.311 e. The summed E-state index contributed by atoms with van der Waals surface area (Å²) in [5.74, 6) is 1.12. The van der Waals surface area contributed by atoms with Crippen molar-refractivity contribution >= 4 is 23.1 Å². The molecule has 3 heteroatoms. The van der Waals surface area contributed by atoms with Gasteiger partial charge in [-0.2, -0.15) is 0 Å². The molecule has 0 saturated carbocycles. The van der Waals surface area contributed by atoms with Crippen LogP contribution in [0.3, 0.4) is 0 Å². The summed E-state index contributed by atoms with van der Waals surface area (Å²) in [7, 11) is 0. The van der Waals surface area contributed by atoms with Crippen molar-refractivity contribution < 1.29 is 0 Å². The maximum atomic E-state index is 3.49. The van der Waals surface area contributed by atoms with Crippen LogP contribution in [-0.2, 0) is 6.54 Å². The average molecular weight is 263 g/mol. The Morgan fingerprint density at radius 1 is 1.18 bits per heavy atom. The lowest BCUT2D eigenvalue weighted by Crippen LogP contribution is -2.16. The minimum absolute atomic E-state index is 0.999. The molecule has 1 heterocycles. The first kappa shape index (κ1) is 12.7. The molecular weight excluding hydrogens is 246 g/mol. The van der Waals surface area contributed by atoms with Crippen LogP contribution < -0.4 is 5.32 Å². The molecule has 17 heavy (non-hydrogen) atoms. The number of hydrogen-bond acceptors (Lipinski definition) is 3. The molecule has 0 amide bonds. The van der Waals surface area contributed by atoms with E-state index in [-0.39, 0.29) is 0 Å². The third-order valence-electron chi connectivity index (χ3n) is 2.54. The quantitative estimate of drug-likeness (QED) is 0.626. The van der Waals surface area contributed by atoms with Gasteiger partial charge in [0.05, 0.1) is 0 Å². The number of rotatable bonds is 6. The van der Waals surface area contributed by atoms with E-state index in [1.54, 1.807) is 0 Å². The van der Waals surface area contributed by atoms with Crippen LogP contribution in [-0.4, -0.2) is 12.3 Å². The molecule has 1 aromatic heterocycles. The van der Waals surface area contributed by atoms with E-state index >= 15 is 0 Å². The van der Waals surface area contributed by atoms with Crippen LogP contribution in [0.5, 0.6) is 0 Å². The van der Waals surface area contributed by atoms with E-state index in [1.807, 2.05) is 23.1 Å². The van der Waals surface area contributed by atoms with E-state index in [0.717, 1.165) is 18.8 Å². The zero-order chi connectivity index (χ0) is 11.9. The van der Waals surface area contributed by atoms with Crippen molar-refractivity contribution in [2.75, 3.05) is 12.3 Å². The normalized spacial score (nSPS) is 10.6. The van der Waals surface area contributed by atoms with Gasteiger partial charge in [0.2, 0.25) is 0 Å². The molecule has 1 nitrogen and oxygen atoms in total.